The highest BCUT2D eigenvalue weighted by Gasteiger charge is 2.27. The number of nitrogens with one attached hydrogen (secondary N) is 1. The first-order chi connectivity index (χ1) is 13.0. The molecule has 1 aliphatic heterocycles. The third-order valence-electron chi connectivity index (χ3n) is 4.53. The van der Waals surface area contributed by atoms with Crippen LogP contribution in [0.4, 0.5) is 5.69 Å². The van der Waals surface area contributed by atoms with Gasteiger partial charge in [0.2, 0.25) is 0 Å². The van der Waals surface area contributed by atoms with Gasteiger partial charge in [-0.15, -0.1) is 0 Å². The standard InChI is InChI=1S/C19H20N2O5S/c1-27-16-7-6-15(26-16)17(22)20-14-4-2-12(3-5-14)18(23)21-10-8-13(9-11-21)19(24)25/h2-7,13H,8-11H2,1H3,(H,20,22)(H,24,25). The normalized spacial score (nSPS) is 14.8. The third-order valence-corrected chi connectivity index (χ3v) is 5.15. The molecule has 1 fully saturated rings. The minimum absolute atomic E-state index is 0.132. The third kappa shape index (κ3) is 4.51. The number of rotatable bonds is 5. The molecule has 0 spiro atoms. The maximum absolute atomic E-state index is 12.5. The van der Waals surface area contributed by atoms with E-state index in [1.807, 2.05) is 6.26 Å². The topological polar surface area (TPSA) is 99.9 Å². The van der Waals surface area contributed by atoms with E-state index in [9.17, 15) is 14.4 Å². The highest BCUT2D eigenvalue weighted by atomic mass is 32.2. The largest absolute Gasteiger partial charge is 0.481 e. The molecule has 2 amide bonds. The Kier molecular flexibility index (Phi) is 5.85. The molecule has 1 aromatic heterocycles. The number of aliphatic carboxylic acids is 1. The monoisotopic (exact) mass is 388 g/mol. The summed E-state index contributed by atoms with van der Waals surface area (Å²) in [5.41, 5.74) is 1.06. The van der Waals surface area contributed by atoms with Gasteiger partial charge in [0.25, 0.3) is 11.8 Å². The molecular formula is C19H20N2O5S. The summed E-state index contributed by atoms with van der Waals surface area (Å²) in [6, 6.07) is 9.96. The SMILES string of the molecule is CSc1ccc(C(=O)Nc2ccc(C(=O)N3CCC(C(=O)O)CC3)cc2)o1. The first-order valence-corrected chi connectivity index (χ1v) is 9.77. The lowest BCUT2D eigenvalue weighted by Gasteiger charge is -2.30. The number of likely N-dealkylation sites (tertiary alicyclic amines) is 1. The number of hydrogen-bond acceptors (Lipinski definition) is 5. The fourth-order valence-corrected chi connectivity index (χ4v) is 3.33. The van der Waals surface area contributed by atoms with Crippen LogP contribution in [-0.4, -0.2) is 47.1 Å². The van der Waals surface area contributed by atoms with E-state index < -0.39 is 5.97 Å². The summed E-state index contributed by atoms with van der Waals surface area (Å²) in [6.07, 6.45) is 2.80. The van der Waals surface area contributed by atoms with E-state index in [4.69, 9.17) is 9.52 Å². The number of benzene rings is 1. The number of carboxylic acid groups (broad SMARTS) is 1. The van der Waals surface area contributed by atoms with E-state index >= 15 is 0 Å². The van der Waals surface area contributed by atoms with E-state index in [-0.39, 0.29) is 23.5 Å². The van der Waals surface area contributed by atoms with E-state index in [0.717, 1.165) is 0 Å². The molecule has 8 heteroatoms. The molecule has 27 heavy (non-hydrogen) atoms. The number of carbonyl (C=O) groups excluding carboxylic acids is 2. The number of carbonyl (C=O) groups is 3. The van der Waals surface area contributed by atoms with Gasteiger partial charge in [0.15, 0.2) is 10.9 Å². The zero-order chi connectivity index (χ0) is 19.4. The summed E-state index contributed by atoms with van der Waals surface area (Å²) in [5.74, 6) is -1.44. The highest BCUT2D eigenvalue weighted by molar-refractivity contribution is 7.98. The van der Waals surface area contributed by atoms with Gasteiger partial charge in [-0.05, 0) is 55.5 Å². The van der Waals surface area contributed by atoms with Crippen molar-refractivity contribution >= 4 is 35.2 Å². The van der Waals surface area contributed by atoms with Crippen molar-refractivity contribution in [2.24, 2.45) is 5.92 Å². The van der Waals surface area contributed by atoms with E-state index in [1.165, 1.54) is 11.8 Å². The van der Waals surface area contributed by atoms with Crippen molar-refractivity contribution in [2.75, 3.05) is 24.7 Å². The van der Waals surface area contributed by atoms with Crippen LogP contribution < -0.4 is 5.32 Å². The van der Waals surface area contributed by atoms with Gasteiger partial charge in [-0.25, -0.2) is 0 Å². The molecule has 1 saturated heterocycles. The Bertz CT molecular complexity index is 838. The first kappa shape index (κ1) is 19.0. The number of amides is 2. The summed E-state index contributed by atoms with van der Waals surface area (Å²) in [5, 5.41) is 12.4. The highest BCUT2D eigenvalue weighted by Crippen LogP contribution is 2.21. The predicted octanol–water partition coefficient (Wildman–Crippen LogP) is 3.19. The van der Waals surface area contributed by atoms with Crippen molar-refractivity contribution in [1.82, 2.24) is 4.90 Å². The average molecular weight is 388 g/mol. The zero-order valence-corrected chi connectivity index (χ0v) is 15.6. The summed E-state index contributed by atoms with van der Waals surface area (Å²) < 4.78 is 5.38. The maximum atomic E-state index is 12.5. The van der Waals surface area contributed by atoms with Gasteiger partial charge in [0.05, 0.1) is 5.92 Å². The summed E-state index contributed by atoms with van der Waals surface area (Å²) >= 11 is 1.41. The van der Waals surface area contributed by atoms with Crippen molar-refractivity contribution in [1.29, 1.82) is 0 Å². The number of anilines is 1. The molecule has 142 valence electrons. The quantitative estimate of drug-likeness (QED) is 0.763. The van der Waals surface area contributed by atoms with Crippen LogP contribution in [-0.2, 0) is 4.79 Å². The van der Waals surface area contributed by atoms with Crippen molar-refractivity contribution in [3.8, 4) is 0 Å². The molecule has 0 aliphatic carbocycles. The van der Waals surface area contributed by atoms with Crippen LogP contribution >= 0.6 is 11.8 Å². The van der Waals surface area contributed by atoms with Gasteiger partial charge in [-0.3, -0.25) is 14.4 Å². The van der Waals surface area contributed by atoms with Crippen molar-refractivity contribution in [3.63, 3.8) is 0 Å². The van der Waals surface area contributed by atoms with Crippen LogP contribution in [0.15, 0.2) is 45.9 Å². The number of piperidine rings is 1. The van der Waals surface area contributed by atoms with Gasteiger partial charge in [0.1, 0.15) is 0 Å². The Balaban J connectivity index is 1.59. The number of carboxylic acids is 1. The molecule has 2 heterocycles. The minimum Gasteiger partial charge on any atom is -0.481 e. The van der Waals surface area contributed by atoms with Gasteiger partial charge in [-0.1, -0.05) is 11.8 Å². The van der Waals surface area contributed by atoms with Crippen LogP contribution in [0.2, 0.25) is 0 Å². The van der Waals surface area contributed by atoms with Gasteiger partial charge >= 0.3 is 5.97 Å². The Morgan fingerprint density at radius 2 is 1.78 bits per heavy atom. The smallest absolute Gasteiger partial charge is 0.306 e. The second-order valence-corrected chi connectivity index (χ2v) is 7.07. The second-order valence-electron chi connectivity index (χ2n) is 6.26. The number of thioether (sulfide) groups is 1. The molecule has 1 aliphatic rings. The zero-order valence-electron chi connectivity index (χ0n) is 14.8. The minimum atomic E-state index is -0.802. The molecule has 2 aromatic rings. The van der Waals surface area contributed by atoms with Crippen molar-refractivity contribution in [3.05, 3.63) is 47.7 Å². The van der Waals surface area contributed by atoms with Gasteiger partial charge in [0, 0.05) is 24.3 Å². The van der Waals surface area contributed by atoms with Crippen molar-refractivity contribution < 1.29 is 23.9 Å². The van der Waals surface area contributed by atoms with Crippen LogP contribution in [0.25, 0.3) is 0 Å². The fourth-order valence-electron chi connectivity index (χ4n) is 2.95. The van der Waals surface area contributed by atoms with E-state index in [1.54, 1.807) is 41.3 Å². The Hall–Kier alpha value is -2.74. The van der Waals surface area contributed by atoms with Crippen LogP contribution in [0.3, 0.4) is 0 Å². The Labute approximate surface area is 160 Å². The lowest BCUT2D eigenvalue weighted by Crippen LogP contribution is -2.40. The molecule has 0 saturated carbocycles. The summed E-state index contributed by atoms with van der Waals surface area (Å²) in [6.45, 7) is 0.870. The molecule has 0 unspecified atom stereocenters. The molecule has 0 atom stereocenters. The lowest BCUT2D eigenvalue weighted by molar-refractivity contribution is -0.143. The number of furan rings is 1. The van der Waals surface area contributed by atoms with Crippen LogP contribution in [0.1, 0.15) is 33.8 Å². The molecule has 2 N–H and O–H groups in total. The molecule has 3 rings (SSSR count). The maximum Gasteiger partial charge on any atom is 0.306 e. The molecule has 0 bridgehead atoms. The molecule has 1 aromatic carbocycles. The Morgan fingerprint density at radius 1 is 1.11 bits per heavy atom. The Morgan fingerprint density at radius 3 is 2.33 bits per heavy atom. The molecular weight excluding hydrogens is 368 g/mol. The summed E-state index contributed by atoms with van der Waals surface area (Å²) in [4.78, 5) is 37.4. The summed E-state index contributed by atoms with van der Waals surface area (Å²) in [7, 11) is 0. The van der Waals surface area contributed by atoms with Gasteiger partial charge < -0.3 is 19.7 Å². The lowest BCUT2D eigenvalue weighted by atomic mass is 9.96. The van der Waals surface area contributed by atoms with Gasteiger partial charge in [-0.2, -0.15) is 0 Å². The van der Waals surface area contributed by atoms with Crippen molar-refractivity contribution in [2.45, 2.75) is 17.9 Å². The average Bonchev–Trinajstić information content (AvgIpc) is 3.17. The molecule has 7 nitrogen and oxygen atoms in total. The number of hydrogen-bond donors (Lipinski definition) is 2. The van der Waals surface area contributed by atoms with Crippen LogP contribution in [0, 0.1) is 5.92 Å². The fraction of sp³-hybridized carbons (Fsp3) is 0.316. The van der Waals surface area contributed by atoms with Crippen LogP contribution in [0.5, 0.6) is 0 Å². The molecule has 0 radical (unpaired) electrons. The predicted molar refractivity (Wildman–Crippen MR) is 101 cm³/mol. The number of nitrogens with zero attached hydrogens (tertiary/aromatic N) is 1. The second kappa shape index (κ2) is 8.30. The van der Waals surface area contributed by atoms with E-state index in [2.05, 4.69) is 5.32 Å². The first-order valence-electron chi connectivity index (χ1n) is 8.55. The van der Waals surface area contributed by atoms with E-state index in [0.29, 0.717) is 42.3 Å².